The number of rotatable bonds is 10. The van der Waals surface area contributed by atoms with Gasteiger partial charge in [0.2, 0.25) is 0 Å². The van der Waals surface area contributed by atoms with Gasteiger partial charge in [-0.05, 0) is 38.1 Å². The topological polar surface area (TPSA) is 154 Å². The van der Waals surface area contributed by atoms with Gasteiger partial charge in [0.1, 0.15) is 12.0 Å². The Bertz CT molecular complexity index is 1390. The number of amides is 4. The fraction of sp³-hybridized carbons (Fsp3) is 0.250. The van der Waals surface area contributed by atoms with Gasteiger partial charge in [0.15, 0.2) is 13.5 Å². The molecule has 0 bridgehead atoms. The zero-order valence-electron chi connectivity index (χ0n) is 21.6. The molecule has 0 spiro atoms. The molecule has 2 aliphatic rings. The van der Waals surface area contributed by atoms with E-state index in [1.54, 1.807) is 24.3 Å². The number of carbonyl (C=O) groups excluding carboxylic acids is 7. The van der Waals surface area contributed by atoms with Gasteiger partial charge in [0, 0.05) is 5.57 Å². The molecule has 2 aromatic carbocycles. The molecule has 2 unspecified atom stereocenters. The summed E-state index contributed by atoms with van der Waals surface area (Å²) in [7, 11) is 0. The van der Waals surface area contributed by atoms with E-state index in [-0.39, 0.29) is 27.8 Å². The second kappa shape index (κ2) is 11.3. The number of carbonyl (C=O) groups is 7. The predicted octanol–water partition coefficient (Wildman–Crippen LogP) is 2.09. The number of hydrogen-bond acceptors (Lipinski definition) is 10. The normalized spacial score (nSPS) is 15.3. The van der Waals surface area contributed by atoms with Crippen LogP contribution >= 0.6 is 0 Å². The van der Waals surface area contributed by atoms with E-state index in [2.05, 4.69) is 6.58 Å². The second-order valence-electron chi connectivity index (χ2n) is 9.11. The standard InChI is InChI=1S/C28H24N2O10/c1-15(2)27(36)40-16(3)21(28(37)39-14-30-25(34)19-10-6-7-11-20(19)26(30)35)12-22(31)38-13-29-23(32)17-8-4-5-9-18(17)24(29)33/h4-11,16,21H,1,12-14H2,2-3H3. The van der Waals surface area contributed by atoms with Crippen LogP contribution in [0, 0.1) is 5.92 Å². The van der Waals surface area contributed by atoms with E-state index in [1.165, 1.54) is 38.1 Å². The molecule has 0 aromatic heterocycles. The molecule has 12 nitrogen and oxygen atoms in total. The fourth-order valence-corrected chi connectivity index (χ4v) is 4.12. The second-order valence-corrected chi connectivity index (χ2v) is 9.11. The molecule has 0 aliphatic carbocycles. The van der Waals surface area contributed by atoms with Crippen molar-refractivity contribution in [3.63, 3.8) is 0 Å². The summed E-state index contributed by atoms with van der Waals surface area (Å²) in [4.78, 5) is 89.4. The fourth-order valence-electron chi connectivity index (χ4n) is 4.12. The first-order valence-corrected chi connectivity index (χ1v) is 12.1. The van der Waals surface area contributed by atoms with Gasteiger partial charge in [-0.3, -0.25) is 28.8 Å². The van der Waals surface area contributed by atoms with Gasteiger partial charge >= 0.3 is 17.9 Å². The molecule has 40 heavy (non-hydrogen) atoms. The van der Waals surface area contributed by atoms with Gasteiger partial charge in [-0.25, -0.2) is 14.6 Å². The molecule has 2 aromatic rings. The molecule has 2 aliphatic heterocycles. The van der Waals surface area contributed by atoms with Crippen LogP contribution in [0.15, 0.2) is 60.7 Å². The molecule has 206 valence electrons. The summed E-state index contributed by atoms with van der Waals surface area (Å²) >= 11 is 0. The van der Waals surface area contributed by atoms with Gasteiger partial charge in [-0.1, -0.05) is 30.8 Å². The highest BCUT2D eigenvalue weighted by atomic mass is 16.6. The van der Waals surface area contributed by atoms with E-state index in [9.17, 15) is 33.6 Å². The maximum Gasteiger partial charge on any atom is 0.333 e. The lowest BCUT2D eigenvalue weighted by Crippen LogP contribution is -2.39. The molecule has 2 atom stereocenters. The Morgan fingerprint density at radius 2 is 1.15 bits per heavy atom. The van der Waals surface area contributed by atoms with Crippen molar-refractivity contribution >= 4 is 41.5 Å². The highest BCUT2D eigenvalue weighted by molar-refractivity contribution is 6.22. The van der Waals surface area contributed by atoms with Crippen molar-refractivity contribution < 1.29 is 47.8 Å². The Labute approximate surface area is 228 Å². The zero-order chi connectivity index (χ0) is 29.1. The number of nitrogens with zero attached hydrogens (tertiary/aromatic N) is 2. The van der Waals surface area contributed by atoms with E-state index >= 15 is 0 Å². The highest BCUT2D eigenvalue weighted by Gasteiger charge is 2.39. The lowest BCUT2D eigenvalue weighted by Gasteiger charge is -2.23. The van der Waals surface area contributed by atoms with E-state index in [0.717, 1.165) is 9.80 Å². The number of fused-ring (bicyclic) bond motifs is 2. The smallest absolute Gasteiger partial charge is 0.333 e. The molecule has 4 rings (SSSR count). The van der Waals surface area contributed by atoms with E-state index in [1.807, 2.05) is 0 Å². The van der Waals surface area contributed by atoms with Gasteiger partial charge in [0.05, 0.1) is 28.7 Å². The molecular weight excluding hydrogens is 524 g/mol. The monoisotopic (exact) mass is 548 g/mol. The van der Waals surface area contributed by atoms with Crippen LogP contribution in [-0.2, 0) is 28.6 Å². The van der Waals surface area contributed by atoms with Gasteiger partial charge in [-0.15, -0.1) is 0 Å². The Morgan fingerprint density at radius 3 is 1.55 bits per heavy atom. The number of hydrogen-bond donors (Lipinski definition) is 0. The number of esters is 3. The van der Waals surface area contributed by atoms with Gasteiger partial charge in [-0.2, -0.15) is 0 Å². The minimum absolute atomic E-state index is 0.0400. The number of imide groups is 2. The summed E-state index contributed by atoms with van der Waals surface area (Å²) in [5, 5.41) is 0. The van der Waals surface area contributed by atoms with Gasteiger partial charge < -0.3 is 14.2 Å². The van der Waals surface area contributed by atoms with Crippen LogP contribution in [-0.4, -0.2) is 70.9 Å². The number of benzene rings is 2. The molecule has 0 saturated carbocycles. The van der Waals surface area contributed by atoms with Crippen molar-refractivity contribution in [3.8, 4) is 0 Å². The quantitative estimate of drug-likeness (QED) is 0.187. The zero-order valence-corrected chi connectivity index (χ0v) is 21.6. The van der Waals surface area contributed by atoms with Crippen molar-refractivity contribution in [1.29, 1.82) is 0 Å². The minimum Gasteiger partial charge on any atom is -0.458 e. The first-order chi connectivity index (χ1) is 19.0. The average molecular weight is 549 g/mol. The molecule has 0 N–H and O–H groups in total. The Kier molecular flexibility index (Phi) is 7.89. The van der Waals surface area contributed by atoms with Crippen molar-refractivity contribution in [2.75, 3.05) is 13.5 Å². The lowest BCUT2D eigenvalue weighted by atomic mass is 9.99. The van der Waals surface area contributed by atoms with Crippen LogP contribution in [0.2, 0.25) is 0 Å². The van der Waals surface area contributed by atoms with E-state index in [0.29, 0.717) is 0 Å². The molecule has 0 radical (unpaired) electrons. The first kappa shape index (κ1) is 27.9. The average Bonchev–Trinajstić information content (AvgIpc) is 3.33. The Morgan fingerprint density at radius 1 is 0.750 bits per heavy atom. The third-order valence-corrected chi connectivity index (χ3v) is 6.34. The van der Waals surface area contributed by atoms with E-state index < -0.39 is 73.4 Å². The summed E-state index contributed by atoms with van der Waals surface area (Å²) in [6.45, 7) is 4.75. The van der Waals surface area contributed by atoms with Crippen molar-refractivity contribution in [3.05, 3.63) is 82.9 Å². The highest BCUT2D eigenvalue weighted by Crippen LogP contribution is 2.25. The molecule has 12 heteroatoms. The van der Waals surface area contributed by atoms with Gasteiger partial charge in [0.25, 0.3) is 23.6 Å². The van der Waals surface area contributed by atoms with Crippen LogP contribution in [0.1, 0.15) is 61.7 Å². The maximum absolute atomic E-state index is 13.0. The molecule has 4 amide bonds. The molecule has 0 saturated heterocycles. The minimum atomic E-state index is -1.42. The summed E-state index contributed by atoms with van der Waals surface area (Å²) in [6, 6.07) is 12.2. The lowest BCUT2D eigenvalue weighted by molar-refractivity contribution is -0.166. The summed E-state index contributed by atoms with van der Waals surface area (Å²) < 4.78 is 15.5. The summed E-state index contributed by atoms with van der Waals surface area (Å²) in [5.41, 5.74) is 0.677. The Balaban J connectivity index is 1.41. The van der Waals surface area contributed by atoms with Crippen LogP contribution in [0.4, 0.5) is 0 Å². The van der Waals surface area contributed by atoms with Crippen LogP contribution < -0.4 is 0 Å². The van der Waals surface area contributed by atoms with Crippen molar-refractivity contribution in [1.82, 2.24) is 9.80 Å². The van der Waals surface area contributed by atoms with Crippen molar-refractivity contribution in [2.45, 2.75) is 26.4 Å². The third-order valence-electron chi connectivity index (χ3n) is 6.34. The SMILES string of the molecule is C=C(C)C(=O)OC(C)C(CC(=O)OCN1C(=O)c2ccccc2C1=O)C(=O)OCN1C(=O)c2ccccc2C1=O. The Hall–Kier alpha value is -5.13. The largest absolute Gasteiger partial charge is 0.458 e. The summed E-state index contributed by atoms with van der Waals surface area (Å²) in [6.07, 6.45) is -1.89. The van der Waals surface area contributed by atoms with E-state index in [4.69, 9.17) is 14.2 Å². The number of ether oxygens (including phenoxy) is 3. The molecule has 0 fully saturated rings. The van der Waals surface area contributed by atoms with Crippen molar-refractivity contribution in [2.24, 2.45) is 5.92 Å². The van der Waals surface area contributed by atoms with Crippen LogP contribution in [0.25, 0.3) is 0 Å². The molecular formula is C28H24N2O10. The maximum atomic E-state index is 13.0. The predicted molar refractivity (Wildman–Crippen MR) is 134 cm³/mol. The summed E-state index contributed by atoms with van der Waals surface area (Å²) in [5.74, 6) is -6.92. The first-order valence-electron chi connectivity index (χ1n) is 12.1. The van der Waals surface area contributed by atoms with Crippen LogP contribution in [0.3, 0.4) is 0 Å². The third kappa shape index (κ3) is 5.37. The van der Waals surface area contributed by atoms with Crippen LogP contribution in [0.5, 0.6) is 0 Å². The molecule has 2 heterocycles.